The lowest BCUT2D eigenvalue weighted by Gasteiger charge is -2.08. The molecule has 1 heterocycles. The fourth-order valence-electron chi connectivity index (χ4n) is 2.44. The summed E-state index contributed by atoms with van der Waals surface area (Å²) < 4.78 is 5.16. The number of para-hydroxylation sites is 1. The van der Waals surface area contributed by atoms with Gasteiger partial charge in [0, 0.05) is 18.8 Å². The molecule has 3 rings (SSSR count). The number of hydrogen-bond acceptors (Lipinski definition) is 10. The van der Waals surface area contributed by atoms with Crippen LogP contribution in [0.3, 0.4) is 0 Å². The van der Waals surface area contributed by atoms with E-state index in [4.69, 9.17) is 10.5 Å². The number of nitrogens with zero attached hydrogens (tertiary/aromatic N) is 4. The quantitative estimate of drug-likeness (QED) is 0.308. The normalized spacial score (nSPS) is 10.2. The molecule has 0 aliphatic rings. The van der Waals surface area contributed by atoms with E-state index >= 15 is 0 Å². The summed E-state index contributed by atoms with van der Waals surface area (Å²) in [7, 11) is 1.55. The number of carbonyl (C=O) groups is 1. The average Bonchev–Trinajstić information content (AvgIpc) is 2.71. The van der Waals surface area contributed by atoms with Crippen molar-refractivity contribution in [3.63, 3.8) is 0 Å². The number of carbonyl (C=O) groups excluding carboxylic acids is 1. The molecule has 0 unspecified atom stereocenters. The predicted octanol–water partition coefficient (Wildman–Crippen LogP) is 2.50. The van der Waals surface area contributed by atoms with Crippen LogP contribution in [0.5, 0.6) is 0 Å². The topological polar surface area (TPSA) is 158 Å². The van der Waals surface area contributed by atoms with Crippen LogP contribution in [0.4, 0.5) is 29.0 Å². The van der Waals surface area contributed by atoms with Crippen molar-refractivity contribution in [2.24, 2.45) is 0 Å². The predicted molar refractivity (Wildman–Crippen MR) is 106 cm³/mol. The first-order valence-corrected chi connectivity index (χ1v) is 8.42. The second-order valence-electron chi connectivity index (χ2n) is 5.74. The smallest absolute Gasteiger partial charge is 0.338 e. The van der Waals surface area contributed by atoms with Gasteiger partial charge in [-0.2, -0.15) is 15.0 Å². The molecule has 0 aliphatic carbocycles. The van der Waals surface area contributed by atoms with Gasteiger partial charge in [0.25, 0.3) is 5.69 Å². The van der Waals surface area contributed by atoms with E-state index in [2.05, 4.69) is 25.6 Å². The minimum Gasteiger partial charge on any atom is -0.454 e. The monoisotopic (exact) mass is 395 g/mol. The van der Waals surface area contributed by atoms with Gasteiger partial charge in [0.15, 0.2) is 12.4 Å². The first-order valence-electron chi connectivity index (χ1n) is 8.42. The molecule has 0 fully saturated rings. The van der Waals surface area contributed by atoms with E-state index in [-0.39, 0.29) is 41.3 Å². The highest BCUT2D eigenvalue weighted by Gasteiger charge is 2.18. The van der Waals surface area contributed by atoms with Crippen LogP contribution in [0.1, 0.15) is 16.2 Å². The van der Waals surface area contributed by atoms with Gasteiger partial charge in [-0.15, -0.1) is 0 Å². The Labute approximate surface area is 165 Å². The number of hydrogen-bond donors (Lipinski definition) is 3. The summed E-state index contributed by atoms with van der Waals surface area (Å²) in [5.41, 5.74) is 6.52. The number of nitro groups is 1. The molecule has 0 bridgehead atoms. The van der Waals surface area contributed by atoms with Gasteiger partial charge in [-0.25, -0.2) is 4.79 Å². The highest BCUT2D eigenvalue weighted by molar-refractivity contribution is 5.91. The van der Waals surface area contributed by atoms with E-state index in [9.17, 15) is 14.9 Å². The molecule has 0 saturated heterocycles. The SMILES string of the molecule is CNc1ccc(C(=O)OCc2nc(N)nc(Nc3ccccc3)n2)cc1[N+](=O)[O-]. The van der Waals surface area contributed by atoms with E-state index in [0.717, 1.165) is 11.8 Å². The van der Waals surface area contributed by atoms with Crippen LogP contribution < -0.4 is 16.4 Å². The van der Waals surface area contributed by atoms with Gasteiger partial charge in [0.05, 0.1) is 10.5 Å². The Morgan fingerprint density at radius 2 is 1.93 bits per heavy atom. The molecule has 11 nitrogen and oxygen atoms in total. The molecule has 11 heteroatoms. The Balaban J connectivity index is 1.72. The second-order valence-corrected chi connectivity index (χ2v) is 5.74. The molecule has 0 atom stereocenters. The van der Waals surface area contributed by atoms with Crippen LogP contribution in [-0.4, -0.2) is 32.9 Å². The second kappa shape index (κ2) is 8.61. The van der Waals surface area contributed by atoms with Crippen molar-refractivity contribution >= 4 is 34.9 Å². The minimum absolute atomic E-state index is 0.0281. The largest absolute Gasteiger partial charge is 0.454 e. The van der Waals surface area contributed by atoms with Crippen molar-refractivity contribution in [2.75, 3.05) is 23.4 Å². The molecule has 1 aromatic heterocycles. The Morgan fingerprint density at radius 1 is 1.17 bits per heavy atom. The average molecular weight is 395 g/mol. The van der Waals surface area contributed by atoms with E-state index < -0.39 is 10.9 Å². The minimum atomic E-state index is -0.757. The molecule has 3 aromatic rings. The lowest BCUT2D eigenvalue weighted by atomic mass is 10.1. The van der Waals surface area contributed by atoms with Gasteiger partial charge in [-0.1, -0.05) is 18.2 Å². The molecular formula is C18H17N7O4. The molecule has 0 saturated carbocycles. The van der Waals surface area contributed by atoms with E-state index in [1.165, 1.54) is 12.1 Å². The van der Waals surface area contributed by atoms with Crippen LogP contribution in [-0.2, 0) is 11.3 Å². The van der Waals surface area contributed by atoms with Crippen LogP contribution in [0.2, 0.25) is 0 Å². The number of benzene rings is 2. The Morgan fingerprint density at radius 3 is 2.62 bits per heavy atom. The number of aromatic nitrogens is 3. The zero-order valence-corrected chi connectivity index (χ0v) is 15.3. The summed E-state index contributed by atoms with van der Waals surface area (Å²) >= 11 is 0. The van der Waals surface area contributed by atoms with Crippen LogP contribution >= 0.6 is 0 Å². The number of nitrogens with one attached hydrogen (secondary N) is 2. The number of nitro benzene ring substituents is 1. The highest BCUT2D eigenvalue weighted by Crippen LogP contribution is 2.25. The summed E-state index contributed by atoms with van der Waals surface area (Å²) in [6.45, 7) is -0.281. The van der Waals surface area contributed by atoms with Crippen LogP contribution in [0.15, 0.2) is 48.5 Å². The van der Waals surface area contributed by atoms with Crippen LogP contribution in [0.25, 0.3) is 0 Å². The summed E-state index contributed by atoms with van der Waals surface area (Å²) in [5.74, 6) is -0.472. The number of ether oxygens (including phenoxy) is 1. The summed E-state index contributed by atoms with van der Waals surface area (Å²) in [5, 5.41) is 16.8. The lowest BCUT2D eigenvalue weighted by Crippen LogP contribution is -2.11. The zero-order valence-electron chi connectivity index (χ0n) is 15.3. The Hall–Kier alpha value is -4.28. The number of nitrogens with two attached hydrogens (primary N) is 1. The fourth-order valence-corrected chi connectivity index (χ4v) is 2.44. The van der Waals surface area contributed by atoms with Crippen molar-refractivity contribution in [1.82, 2.24) is 15.0 Å². The molecule has 148 valence electrons. The maximum absolute atomic E-state index is 12.3. The van der Waals surface area contributed by atoms with Gasteiger partial charge < -0.3 is 21.1 Å². The van der Waals surface area contributed by atoms with E-state index in [1.807, 2.05) is 30.3 Å². The van der Waals surface area contributed by atoms with Crippen molar-refractivity contribution in [1.29, 1.82) is 0 Å². The van der Waals surface area contributed by atoms with Gasteiger partial charge >= 0.3 is 5.97 Å². The molecule has 4 N–H and O–H groups in total. The summed E-state index contributed by atoms with van der Waals surface area (Å²) in [6, 6.07) is 13.2. The summed E-state index contributed by atoms with van der Waals surface area (Å²) in [4.78, 5) is 34.9. The first kappa shape index (κ1) is 19.5. The third-order valence-electron chi connectivity index (χ3n) is 3.76. The fraction of sp³-hybridized carbons (Fsp3) is 0.111. The van der Waals surface area contributed by atoms with Crippen molar-refractivity contribution in [3.05, 3.63) is 70.0 Å². The number of anilines is 4. The van der Waals surface area contributed by atoms with E-state index in [0.29, 0.717) is 0 Å². The molecule has 0 radical (unpaired) electrons. The first-order chi connectivity index (χ1) is 14.0. The van der Waals surface area contributed by atoms with Gasteiger partial charge in [0.1, 0.15) is 5.69 Å². The van der Waals surface area contributed by atoms with E-state index in [1.54, 1.807) is 7.05 Å². The maximum atomic E-state index is 12.3. The van der Waals surface area contributed by atoms with Gasteiger partial charge in [-0.3, -0.25) is 10.1 Å². The number of nitrogen functional groups attached to an aromatic ring is 1. The standard InChI is InChI=1S/C18H17N7O4/c1-20-13-8-7-11(9-14(13)25(27)28)16(26)29-10-15-22-17(19)24-18(23-15)21-12-5-3-2-4-6-12/h2-9,20H,10H2,1H3,(H3,19,21,22,23,24). The molecule has 0 spiro atoms. The molecule has 29 heavy (non-hydrogen) atoms. The Bertz CT molecular complexity index is 1040. The van der Waals surface area contributed by atoms with Gasteiger partial charge in [-0.05, 0) is 24.3 Å². The number of rotatable bonds is 7. The van der Waals surface area contributed by atoms with Crippen molar-refractivity contribution in [2.45, 2.75) is 6.61 Å². The Kier molecular flexibility index (Phi) is 5.78. The third kappa shape index (κ3) is 4.91. The van der Waals surface area contributed by atoms with Crippen molar-refractivity contribution < 1.29 is 14.5 Å². The molecule has 2 aromatic carbocycles. The highest BCUT2D eigenvalue weighted by atomic mass is 16.6. The van der Waals surface area contributed by atoms with Gasteiger partial charge in [0.2, 0.25) is 11.9 Å². The molecule has 0 aliphatic heterocycles. The maximum Gasteiger partial charge on any atom is 0.338 e. The number of esters is 1. The molecular weight excluding hydrogens is 378 g/mol. The van der Waals surface area contributed by atoms with Crippen LogP contribution in [0, 0.1) is 10.1 Å². The summed E-state index contributed by atoms with van der Waals surface area (Å²) in [6.07, 6.45) is 0. The third-order valence-corrected chi connectivity index (χ3v) is 3.76. The zero-order chi connectivity index (χ0) is 20.8. The lowest BCUT2D eigenvalue weighted by molar-refractivity contribution is -0.384. The van der Waals surface area contributed by atoms with Crippen molar-refractivity contribution in [3.8, 4) is 0 Å². The molecule has 0 amide bonds.